The first-order chi connectivity index (χ1) is 12.2. The highest BCUT2D eigenvalue weighted by Crippen LogP contribution is 2.39. The van der Waals surface area contributed by atoms with E-state index in [1.165, 1.54) is 18.1 Å². The van der Waals surface area contributed by atoms with E-state index in [2.05, 4.69) is 22.0 Å². The van der Waals surface area contributed by atoms with Crippen molar-refractivity contribution in [3.05, 3.63) is 71.2 Å². The van der Waals surface area contributed by atoms with Gasteiger partial charge in [-0.25, -0.2) is 28.6 Å². The van der Waals surface area contributed by atoms with Crippen LogP contribution in [0, 0.1) is 17.5 Å². The Hall–Kier alpha value is -2.16. The average Bonchev–Trinajstić information content (AvgIpc) is 2.61. The Morgan fingerprint density at radius 3 is 2.65 bits per heavy atom. The zero-order valence-electron chi connectivity index (χ0n) is 14.2. The van der Waals surface area contributed by atoms with Gasteiger partial charge < -0.3 is 10.1 Å². The average molecular weight is 387 g/mol. The molecule has 1 aromatic heterocycles. The summed E-state index contributed by atoms with van der Waals surface area (Å²) in [6.07, 6.45) is 2.41. The molecule has 0 aliphatic rings. The van der Waals surface area contributed by atoms with Crippen molar-refractivity contribution in [3.63, 3.8) is 0 Å². The Labute approximate surface area is 154 Å². The van der Waals surface area contributed by atoms with Crippen molar-refractivity contribution in [2.45, 2.75) is 18.4 Å². The van der Waals surface area contributed by atoms with Gasteiger partial charge >= 0.3 is 0 Å². The van der Waals surface area contributed by atoms with E-state index in [0.29, 0.717) is 6.07 Å². The van der Waals surface area contributed by atoms with E-state index in [1.54, 1.807) is 7.05 Å². The number of nitrogens with zero attached hydrogens (tertiary/aromatic N) is 3. The lowest BCUT2D eigenvalue weighted by Crippen LogP contribution is -2.47. The lowest BCUT2D eigenvalue weighted by molar-refractivity contribution is -0.0237. The molecule has 140 valence electrons. The number of hydrazine groups is 1. The molecule has 9 heteroatoms. The Bertz CT molecular complexity index is 808. The molecule has 0 aliphatic carbocycles. The maximum absolute atomic E-state index is 14.4. The molecular formula is C17H18ClF3N4O. The third kappa shape index (κ3) is 3.82. The van der Waals surface area contributed by atoms with Gasteiger partial charge in [-0.15, -0.1) is 0 Å². The van der Waals surface area contributed by atoms with Gasteiger partial charge in [-0.2, -0.15) is 0 Å². The van der Waals surface area contributed by atoms with Crippen LogP contribution in [0.25, 0.3) is 0 Å². The van der Waals surface area contributed by atoms with Gasteiger partial charge in [0.15, 0.2) is 11.0 Å². The van der Waals surface area contributed by atoms with Crippen molar-refractivity contribution in [2.75, 3.05) is 13.6 Å². The first-order valence-corrected chi connectivity index (χ1v) is 8.02. The fourth-order valence-electron chi connectivity index (χ4n) is 2.68. The first-order valence-electron chi connectivity index (χ1n) is 7.65. The summed E-state index contributed by atoms with van der Waals surface area (Å²) in [5.74, 6) is -3.75. The maximum Gasteiger partial charge on any atom is 0.182 e. The van der Waals surface area contributed by atoms with Crippen LogP contribution < -0.4 is 5.43 Å². The van der Waals surface area contributed by atoms with Gasteiger partial charge in [0.05, 0.1) is 12.2 Å². The van der Waals surface area contributed by atoms with Crippen molar-refractivity contribution < 1.29 is 18.3 Å². The number of aromatic nitrogens is 2. The van der Waals surface area contributed by atoms with Crippen molar-refractivity contribution in [2.24, 2.45) is 0 Å². The minimum atomic E-state index is -1.99. The normalized spacial score (nSPS) is 14.6. The van der Waals surface area contributed by atoms with Crippen molar-refractivity contribution in [1.82, 2.24) is 20.4 Å². The summed E-state index contributed by atoms with van der Waals surface area (Å²) >= 11 is 5.70. The molecule has 2 aromatic rings. The number of halogens is 4. The maximum atomic E-state index is 14.4. The van der Waals surface area contributed by atoms with Crippen LogP contribution in [-0.2, 0) is 5.60 Å². The molecule has 2 N–H and O–H groups in total. The first kappa shape index (κ1) is 20.2. The van der Waals surface area contributed by atoms with E-state index in [1.807, 2.05) is 0 Å². The van der Waals surface area contributed by atoms with E-state index in [0.717, 1.165) is 18.5 Å². The predicted molar refractivity (Wildman–Crippen MR) is 91.6 cm³/mol. The molecule has 0 saturated carbocycles. The lowest BCUT2D eigenvalue weighted by atomic mass is 9.79. The molecule has 2 unspecified atom stereocenters. The summed E-state index contributed by atoms with van der Waals surface area (Å²) < 4.78 is 42.1. The molecular weight excluding hydrogens is 369 g/mol. The molecule has 2 rings (SSSR count). The lowest BCUT2D eigenvalue weighted by Gasteiger charge is -2.38. The summed E-state index contributed by atoms with van der Waals surface area (Å²) in [4.78, 5) is 7.38. The number of benzene rings is 1. The predicted octanol–water partition coefficient (Wildman–Crippen LogP) is 3.12. The third-order valence-electron chi connectivity index (χ3n) is 4.22. The Morgan fingerprint density at radius 2 is 2.08 bits per heavy atom. The largest absolute Gasteiger partial charge is 0.382 e. The molecule has 0 bridgehead atoms. The number of hydrogen-bond acceptors (Lipinski definition) is 5. The van der Waals surface area contributed by atoms with E-state index in [-0.39, 0.29) is 17.8 Å². The SMILES string of the molecule is C=CN(CC(O)(c1ccc(F)cc1F)C(C)c1ncnc(Cl)c1F)NC. The number of rotatable bonds is 7. The molecule has 0 amide bonds. The van der Waals surface area contributed by atoms with Crippen LogP contribution in [0.2, 0.25) is 5.15 Å². The fourth-order valence-corrected chi connectivity index (χ4v) is 2.82. The molecule has 0 spiro atoms. The van der Waals surface area contributed by atoms with Gasteiger partial charge in [-0.1, -0.05) is 31.2 Å². The molecule has 0 saturated heterocycles. The molecule has 2 atom stereocenters. The molecule has 1 aromatic carbocycles. The Kier molecular flexibility index (Phi) is 6.22. The third-order valence-corrected chi connectivity index (χ3v) is 4.48. The fraction of sp³-hybridized carbons (Fsp3) is 0.294. The summed E-state index contributed by atoms with van der Waals surface area (Å²) in [5, 5.41) is 12.3. The zero-order chi connectivity index (χ0) is 19.5. The van der Waals surface area contributed by atoms with Gasteiger partial charge in [-0.05, 0) is 6.07 Å². The van der Waals surface area contributed by atoms with E-state index in [9.17, 15) is 18.3 Å². The summed E-state index contributed by atoms with van der Waals surface area (Å²) in [6, 6.07) is 2.77. The minimum absolute atomic E-state index is 0.198. The van der Waals surface area contributed by atoms with Crippen LogP contribution >= 0.6 is 11.6 Å². The molecule has 26 heavy (non-hydrogen) atoms. The van der Waals surface area contributed by atoms with Crippen molar-refractivity contribution >= 4 is 11.6 Å². The van der Waals surface area contributed by atoms with Gasteiger partial charge in [0.25, 0.3) is 0 Å². The van der Waals surface area contributed by atoms with Crippen LogP contribution in [0.1, 0.15) is 24.1 Å². The quantitative estimate of drug-likeness (QED) is 0.565. The van der Waals surface area contributed by atoms with Crippen LogP contribution in [0.4, 0.5) is 13.2 Å². The van der Waals surface area contributed by atoms with E-state index in [4.69, 9.17) is 11.6 Å². The second kappa shape index (κ2) is 8.03. The van der Waals surface area contributed by atoms with Crippen molar-refractivity contribution in [3.8, 4) is 0 Å². The zero-order valence-corrected chi connectivity index (χ0v) is 14.9. The van der Waals surface area contributed by atoms with Crippen LogP contribution in [-0.4, -0.2) is 33.7 Å². The summed E-state index contributed by atoms with van der Waals surface area (Å²) in [6.45, 7) is 4.82. The highest BCUT2D eigenvalue weighted by atomic mass is 35.5. The van der Waals surface area contributed by atoms with Crippen molar-refractivity contribution in [1.29, 1.82) is 0 Å². The van der Waals surface area contributed by atoms with Crippen LogP contribution in [0.3, 0.4) is 0 Å². The van der Waals surface area contributed by atoms with Gasteiger partial charge in [0.1, 0.15) is 23.6 Å². The topological polar surface area (TPSA) is 61.3 Å². The molecule has 0 radical (unpaired) electrons. The number of nitrogens with one attached hydrogen (secondary N) is 1. The molecule has 0 fully saturated rings. The summed E-state index contributed by atoms with van der Waals surface area (Å²) in [5.41, 5.74) is 0.336. The monoisotopic (exact) mass is 386 g/mol. The second-order valence-electron chi connectivity index (χ2n) is 5.67. The van der Waals surface area contributed by atoms with Gasteiger partial charge in [0, 0.05) is 30.8 Å². The highest BCUT2D eigenvalue weighted by Gasteiger charge is 2.42. The van der Waals surface area contributed by atoms with Gasteiger partial charge in [0.2, 0.25) is 0 Å². The number of hydrogen-bond donors (Lipinski definition) is 2. The summed E-state index contributed by atoms with van der Waals surface area (Å²) in [7, 11) is 1.57. The van der Waals surface area contributed by atoms with Crippen LogP contribution in [0.5, 0.6) is 0 Å². The Morgan fingerprint density at radius 1 is 1.38 bits per heavy atom. The van der Waals surface area contributed by atoms with Crippen LogP contribution in [0.15, 0.2) is 37.3 Å². The van der Waals surface area contributed by atoms with E-state index >= 15 is 0 Å². The number of aliphatic hydroxyl groups is 1. The standard InChI is InChI=1S/C17H18ClF3N4O/c1-4-25(22-3)8-17(26,12-6-5-11(19)7-13(12)20)10(2)15-14(21)16(18)24-9-23-15/h4-7,9-10,22,26H,1,8H2,2-3H3. The van der Waals surface area contributed by atoms with Gasteiger partial charge in [-0.3, -0.25) is 0 Å². The van der Waals surface area contributed by atoms with E-state index < -0.39 is 34.1 Å². The Balaban J connectivity index is 2.62. The second-order valence-corrected chi connectivity index (χ2v) is 6.03. The smallest absolute Gasteiger partial charge is 0.182 e. The molecule has 5 nitrogen and oxygen atoms in total. The minimum Gasteiger partial charge on any atom is -0.382 e. The molecule has 0 aliphatic heterocycles. The highest BCUT2D eigenvalue weighted by molar-refractivity contribution is 6.29. The molecule has 1 heterocycles.